The van der Waals surface area contributed by atoms with Crippen LogP contribution < -0.4 is 5.32 Å². The predicted molar refractivity (Wildman–Crippen MR) is 88.0 cm³/mol. The summed E-state index contributed by atoms with van der Waals surface area (Å²) in [4.78, 5) is 17.1. The van der Waals surface area contributed by atoms with Crippen molar-refractivity contribution in [2.75, 3.05) is 6.54 Å². The van der Waals surface area contributed by atoms with Crippen LogP contribution in [0.5, 0.6) is 0 Å². The third-order valence-electron chi connectivity index (χ3n) is 4.58. The van der Waals surface area contributed by atoms with Gasteiger partial charge in [0.15, 0.2) is 0 Å². The van der Waals surface area contributed by atoms with Crippen molar-refractivity contribution in [3.63, 3.8) is 0 Å². The first-order valence-electron chi connectivity index (χ1n) is 8.43. The maximum Gasteiger partial charge on any atom is 0.223 e. The fourth-order valence-electron chi connectivity index (χ4n) is 3.26. The van der Waals surface area contributed by atoms with Crippen molar-refractivity contribution in [2.24, 2.45) is 5.92 Å². The maximum absolute atomic E-state index is 12.3. The van der Waals surface area contributed by atoms with E-state index in [4.69, 9.17) is 4.98 Å². The number of hydrogen-bond donors (Lipinski definition) is 1. The summed E-state index contributed by atoms with van der Waals surface area (Å²) in [7, 11) is 0. The third kappa shape index (κ3) is 3.01. The highest BCUT2D eigenvalue weighted by Crippen LogP contribution is 2.26. The molecule has 22 heavy (non-hydrogen) atoms. The molecular formula is C18H25N3O. The van der Waals surface area contributed by atoms with Gasteiger partial charge in [0.25, 0.3) is 0 Å². The lowest BCUT2D eigenvalue weighted by atomic mass is 9.89. The molecule has 0 aliphatic heterocycles. The van der Waals surface area contributed by atoms with E-state index >= 15 is 0 Å². The smallest absolute Gasteiger partial charge is 0.223 e. The fourth-order valence-corrected chi connectivity index (χ4v) is 3.26. The Hall–Kier alpha value is -1.84. The minimum atomic E-state index is 0.0929. The summed E-state index contributed by atoms with van der Waals surface area (Å²) in [5.41, 5.74) is 4.62. The largest absolute Gasteiger partial charge is 0.356 e. The van der Waals surface area contributed by atoms with E-state index in [1.807, 2.05) is 0 Å². The summed E-state index contributed by atoms with van der Waals surface area (Å²) in [5, 5.41) is 3.10. The minimum absolute atomic E-state index is 0.0929. The number of amides is 1. The Morgan fingerprint density at radius 2 is 2.32 bits per heavy atom. The van der Waals surface area contributed by atoms with Crippen molar-refractivity contribution in [1.29, 1.82) is 0 Å². The van der Waals surface area contributed by atoms with Crippen LogP contribution in [0.2, 0.25) is 0 Å². The summed E-state index contributed by atoms with van der Waals surface area (Å²) in [6, 6.07) is 4.21. The SMILES string of the molecule is CCCCCNC(=O)C1CCc2nc3cc(C)ccn3c2C1. The number of unbranched alkanes of at least 4 members (excludes halogenated alkanes) is 2. The second kappa shape index (κ2) is 6.51. The molecule has 3 rings (SSSR count). The van der Waals surface area contributed by atoms with Gasteiger partial charge in [0, 0.05) is 30.8 Å². The number of hydrogen-bond acceptors (Lipinski definition) is 2. The van der Waals surface area contributed by atoms with Gasteiger partial charge < -0.3 is 9.72 Å². The fraction of sp³-hybridized carbons (Fsp3) is 0.556. The van der Waals surface area contributed by atoms with Gasteiger partial charge in [-0.2, -0.15) is 0 Å². The molecule has 0 fully saturated rings. The number of rotatable bonds is 5. The number of imidazole rings is 1. The van der Waals surface area contributed by atoms with Crippen molar-refractivity contribution >= 4 is 11.6 Å². The number of pyridine rings is 1. The Balaban J connectivity index is 1.70. The number of nitrogens with one attached hydrogen (secondary N) is 1. The highest BCUT2D eigenvalue weighted by molar-refractivity contribution is 5.79. The molecule has 1 atom stereocenters. The third-order valence-corrected chi connectivity index (χ3v) is 4.58. The lowest BCUT2D eigenvalue weighted by molar-refractivity contribution is -0.125. The zero-order valence-electron chi connectivity index (χ0n) is 13.6. The number of nitrogens with zero attached hydrogens (tertiary/aromatic N) is 2. The summed E-state index contributed by atoms with van der Waals surface area (Å²) >= 11 is 0. The van der Waals surface area contributed by atoms with E-state index in [-0.39, 0.29) is 11.8 Å². The van der Waals surface area contributed by atoms with E-state index in [1.165, 1.54) is 29.8 Å². The Kier molecular flexibility index (Phi) is 4.46. The van der Waals surface area contributed by atoms with Crippen molar-refractivity contribution < 1.29 is 4.79 Å². The first-order valence-corrected chi connectivity index (χ1v) is 8.43. The lowest BCUT2D eigenvalue weighted by Crippen LogP contribution is -2.34. The highest BCUT2D eigenvalue weighted by Gasteiger charge is 2.27. The Labute approximate surface area is 131 Å². The topological polar surface area (TPSA) is 46.4 Å². The maximum atomic E-state index is 12.3. The van der Waals surface area contributed by atoms with Gasteiger partial charge in [-0.05, 0) is 43.9 Å². The second-order valence-electron chi connectivity index (χ2n) is 6.38. The number of aromatic nitrogens is 2. The number of carbonyl (C=O) groups is 1. The summed E-state index contributed by atoms with van der Waals surface area (Å²) in [5.74, 6) is 0.305. The summed E-state index contributed by atoms with van der Waals surface area (Å²) < 4.78 is 2.15. The van der Waals surface area contributed by atoms with E-state index in [0.717, 1.165) is 37.9 Å². The van der Waals surface area contributed by atoms with Gasteiger partial charge in [-0.1, -0.05) is 19.8 Å². The molecule has 1 N–H and O–H groups in total. The van der Waals surface area contributed by atoms with Crippen molar-refractivity contribution in [3.8, 4) is 0 Å². The van der Waals surface area contributed by atoms with Crippen LogP contribution in [0.4, 0.5) is 0 Å². The molecule has 0 aromatic carbocycles. The van der Waals surface area contributed by atoms with Gasteiger partial charge in [-0.25, -0.2) is 4.98 Å². The number of aryl methyl sites for hydroxylation is 2. The van der Waals surface area contributed by atoms with Gasteiger partial charge in [0.1, 0.15) is 5.65 Å². The first kappa shape index (κ1) is 15.1. The molecule has 4 nitrogen and oxygen atoms in total. The van der Waals surface area contributed by atoms with E-state index in [0.29, 0.717) is 0 Å². The van der Waals surface area contributed by atoms with Gasteiger partial charge >= 0.3 is 0 Å². The first-order chi connectivity index (χ1) is 10.7. The molecule has 118 valence electrons. The van der Waals surface area contributed by atoms with Crippen LogP contribution in [-0.4, -0.2) is 21.8 Å². The van der Waals surface area contributed by atoms with Crippen LogP contribution >= 0.6 is 0 Å². The van der Waals surface area contributed by atoms with E-state index in [2.05, 4.69) is 41.9 Å². The van der Waals surface area contributed by atoms with Gasteiger partial charge in [0.05, 0.1) is 5.69 Å². The van der Waals surface area contributed by atoms with E-state index in [9.17, 15) is 4.79 Å². The summed E-state index contributed by atoms with van der Waals surface area (Å²) in [6.45, 7) is 5.07. The molecular weight excluding hydrogens is 274 g/mol. The molecule has 0 spiro atoms. The van der Waals surface area contributed by atoms with Crippen molar-refractivity contribution in [2.45, 2.75) is 52.4 Å². The monoisotopic (exact) mass is 299 g/mol. The zero-order valence-corrected chi connectivity index (χ0v) is 13.6. The van der Waals surface area contributed by atoms with Crippen molar-refractivity contribution in [3.05, 3.63) is 35.3 Å². The molecule has 0 saturated heterocycles. The quantitative estimate of drug-likeness (QED) is 0.863. The van der Waals surface area contributed by atoms with Gasteiger partial charge in [0.2, 0.25) is 5.91 Å². The van der Waals surface area contributed by atoms with Gasteiger partial charge in [-0.15, -0.1) is 0 Å². The van der Waals surface area contributed by atoms with Crippen LogP contribution in [-0.2, 0) is 17.6 Å². The van der Waals surface area contributed by atoms with E-state index in [1.54, 1.807) is 0 Å². The molecule has 0 bridgehead atoms. The Morgan fingerprint density at radius 3 is 3.14 bits per heavy atom. The Bertz CT molecular complexity index is 674. The molecule has 2 aromatic rings. The second-order valence-corrected chi connectivity index (χ2v) is 6.38. The molecule has 0 radical (unpaired) electrons. The molecule has 0 saturated carbocycles. The Morgan fingerprint density at radius 1 is 1.45 bits per heavy atom. The van der Waals surface area contributed by atoms with Crippen LogP contribution in [0.3, 0.4) is 0 Å². The van der Waals surface area contributed by atoms with Gasteiger partial charge in [-0.3, -0.25) is 4.79 Å². The van der Waals surface area contributed by atoms with Crippen LogP contribution in [0.25, 0.3) is 5.65 Å². The zero-order chi connectivity index (χ0) is 15.5. The van der Waals surface area contributed by atoms with E-state index < -0.39 is 0 Å². The molecule has 4 heteroatoms. The molecule has 1 unspecified atom stereocenters. The van der Waals surface area contributed by atoms with Crippen LogP contribution in [0, 0.1) is 12.8 Å². The average Bonchev–Trinajstić information content (AvgIpc) is 2.87. The molecule has 2 aromatic heterocycles. The lowest BCUT2D eigenvalue weighted by Gasteiger charge is -2.21. The average molecular weight is 299 g/mol. The normalized spacial score (nSPS) is 17.5. The predicted octanol–water partition coefficient (Wildman–Crippen LogP) is 3.05. The molecule has 1 amide bonds. The summed E-state index contributed by atoms with van der Waals surface area (Å²) in [6.07, 6.45) is 8.15. The molecule has 1 aliphatic rings. The van der Waals surface area contributed by atoms with Crippen LogP contribution in [0.1, 0.15) is 49.6 Å². The molecule has 1 aliphatic carbocycles. The van der Waals surface area contributed by atoms with Crippen molar-refractivity contribution in [1.82, 2.24) is 14.7 Å². The molecule has 2 heterocycles. The number of fused-ring (bicyclic) bond motifs is 3. The highest BCUT2D eigenvalue weighted by atomic mass is 16.1. The number of carbonyl (C=O) groups excluding carboxylic acids is 1. The van der Waals surface area contributed by atoms with Crippen LogP contribution in [0.15, 0.2) is 18.3 Å². The standard InChI is InChI=1S/C18H25N3O/c1-3-4-5-9-19-18(22)14-6-7-15-16(12-14)21-10-8-13(2)11-17(21)20-15/h8,10-11,14H,3-7,9,12H2,1-2H3,(H,19,22). The minimum Gasteiger partial charge on any atom is -0.356 e.